The van der Waals surface area contributed by atoms with Gasteiger partial charge in [-0.25, -0.2) is 0 Å². The zero-order valence-electron chi connectivity index (χ0n) is 10.8. The van der Waals surface area contributed by atoms with Gasteiger partial charge in [0.1, 0.15) is 0 Å². The highest BCUT2D eigenvalue weighted by Crippen LogP contribution is 2.32. The van der Waals surface area contributed by atoms with E-state index in [0.29, 0.717) is 0 Å². The Labute approximate surface area is 103 Å². The van der Waals surface area contributed by atoms with Crippen molar-refractivity contribution in [3.8, 4) is 0 Å². The molecule has 17 heavy (non-hydrogen) atoms. The maximum absolute atomic E-state index is 12.4. The molecule has 1 heterocycles. The summed E-state index contributed by atoms with van der Waals surface area (Å²) in [4.78, 5) is 14.3. The highest BCUT2D eigenvalue weighted by Gasteiger charge is 2.30. The van der Waals surface area contributed by atoms with Crippen LogP contribution in [0.5, 0.6) is 0 Å². The van der Waals surface area contributed by atoms with E-state index in [9.17, 15) is 4.79 Å². The maximum Gasteiger partial charge on any atom is 0.232 e. The van der Waals surface area contributed by atoms with E-state index in [0.717, 1.165) is 30.8 Å². The normalized spacial score (nSPS) is 15.6. The van der Waals surface area contributed by atoms with Crippen molar-refractivity contribution in [1.82, 2.24) is 0 Å². The third kappa shape index (κ3) is 2.28. The van der Waals surface area contributed by atoms with Gasteiger partial charge >= 0.3 is 0 Å². The molecule has 0 fully saturated rings. The van der Waals surface area contributed by atoms with Gasteiger partial charge in [0, 0.05) is 23.3 Å². The topological polar surface area (TPSA) is 46.3 Å². The lowest BCUT2D eigenvalue weighted by Crippen LogP contribution is -2.42. The molecule has 0 bridgehead atoms. The molecule has 0 aliphatic carbocycles. The third-order valence-corrected chi connectivity index (χ3v) is 3.11. The van der Waals surface area contributed by atoms with Crippen molar-refractivity contribution < 1.29 is 4.79 Å². The first kappa shape index (κ1) is 12.0. The van der Waals surface area contributed by atoms with Gasteiger partial charge < -0.3 is 10.6 Å². The monoisotopic (exact) mass is 232 g/mol. The Bertz CT molecular complexity index is 446. The van der Waals surface area contributed by atoms with Crippen LogP contribution in [0.25, 0.3) is 0 Å². The molecule has 1 aliphatic heterocycles. The molecule has 0 spiro atoms. The maximum atomic E-state index is 12.4. The summed E-state index contributed by atoms with van der Waals surface area (Å²) in [6.45, 7) is 6.66. The molecule has 92 valence electrons. The molecule has 0 radical (unpaired) electrons. The van der Waals surface area contributed by atoms with Crippen LogP contribution in [0, 0.1) is 5.41 Å². The fourth-order valence-corrected chi connectivity index (χ4v) is 2.21. The highest BCUT2D eigenvalue weighted by atomic mass is 16.2. The number of carbonyl (C=O) groups excluding carboxylic acids is 1. The van der Waals surface area contributed by atoms with Gasteiger partial charge in [0.25, 0.3) is 0 Å². The van der Waals surface area contributed by atoms with E-state index in [1.54, 1.807) is 0 Å². The molecule has 0 saturated carbocycles. The first-order valence-electron chi connectivity index (χ1n) is 6.10. The molecule has 2 N–H and O–H groups in total. The van der Waals surface area contributed by atoms with Crippen LogP contribution in [-0.2, 0) is 11.2 Å². The van der Waals surface area contributed by atoms with Crippen molar-refractivity contribution in [2.24, 2.45) is 5.41 Å². The fourth-order valence-electron chi connectivity index (χ4n) is 2.21. The molecule has 3 nitrogen and oxygen atoms in total. The summed E-state index contributed by atoms with van der Waals surface area (Å²) in [5, 5.41) is 0. The van der Waals surface area contributed by atoms with E-state index >= 15 is 0 Å². The second kappa shape index (κ2) is 4.06. The predicted molar refractivity (Wildman–Crippen MR) is 71.0 cm³/mol. The van der Waals surface area contributed by atoms with Gasteiger partial charge in [-0.05, 0) is 30.5 Å². The van der Waals surface area contributed by atoms with Crippen molar-refractivity contribution in [3.05, 3.63) is 23.8 Å². The van der Waals surface area contributed by atoms with Gasteiger partial charge in [-0.1, -0.05) is 26.8 Å². The van der Waals surface area contributed by atoms with E-state index in [4.69, 9.17) is 5.73 Å². The number of aryl methyl sites for hydroxylation is 1. The molecule has 1 aromatic carbocycles. The van der Waals surface area contributed by atoms with Gasteiger partial charge in [0.2, 0.25) is 5.91 Å². The van der Waals surface area contributed by atoms with Gasteiger partial charge in [-0.3, -0.25) is 4.79 Å². The lowest BCUT2D eigenvalue weighted by molar-refractivity contribution is -0.125. The Hall–Kier alpha value is -1.51. The number of amides is 1. The molecule has 3 heteroatoms. The zero-order valence-corrected chi connectivity index (χ0v) is 10.8. The van der Waals surface area contributed by atoms with Crippen molar-refractivity contribution >= 4 is 17.3 Å². The predicted octanol–water partition coefficient (Wildman–Crippen LogP) is 2.59. The van der Waals surface area contributed by atoms with E-state index in [1.165, 1.54) is 5.56 Å². The SMILES string of the molecule is CC(C)(C)C(=O)N1CCCc2ccc(N)cc21. The molecule has 2 rings (SSSR count). The molecule has 0 aromatic heterocycles. The molecular formula is C14H20N2O. The number of benzene rings is 1. The minimum absolute atomic E-state index is 0.170. The standard InChI is InChI=1S/C14H20N2O/c1-14(2,3)13(17)16-8-4-5-10-6-7-11(15)9-12(10)16/h6-7,9H,4-5,8,15H2,1-3H3. The largest absolute Gasteiger partial charge is 0.399 e. The summed E-state index contributed by atoms with van der Waals surface area (Å²) < 4.78 is 0. The molecular weight excluding hydrogens is 212 g/mol. The Morgan fingerprint density at radius 3 is 2.71 bits per heavy atom. The van der Waals surface area contributed by atoms with Crippen molar-refractivity contribution in [2.75, 3.05) is 17.2 Å². The lowest BCUT2D eigenvalue weighted by atomic mass is 9.92. The van der Waals surface area contributed by atoms with Crippen molar-refractivity contribution in [1.29, 1.82) is 0 Å². The number of rotatable bonds is 0. The van der Waals surface area contributed by atoms with E-state index in [-0.39, 0.29) is 11.3 Å². The molecule has 0 unspecified atom stereocenters. The molecule has 1 aliphatic rings. The average Bonchev–Trinajstić information content (AvgIpc) is 2.26. The molecule has 1 amide bonds. The number of nitrogens with zero attached hydrogens (tertiary/aromatic N) is 1. The number of fused-ring (bicyclic) bond motifs is 1. The van der Waals surface area contributed by atoms with Gasteiger partial charge in [0.05, 0.1) is 0 Å². The number of anilines is 2. The van der Waals surface area contributed by atoms with Gasteiger partial charge in [0.15, 0.2) is 0 Å². The van der Waals surface area contributed by atoms with Crippen LogP contribution in [0.4, 0.5) is 11.4 Å². The Morgan fingerprint density at radius 2 is 2.06 bits per heavy atom. The highest BCUT2D eigenvalue weighted by molar-refractivity contribution is 5.98. The average molecular weight is 232 g/mol. The quantitative estimate of drug-likeness (QED) is 0.699. The van der Waals surface area contributed by atoms with E-state index < -0.39 is 0 Å². The molecule has 0 saturated heterocycles. The molecule has 1 aromatic rings. The first-order valence-corrected chi connectivity index (χ1v) is 6.10. The van der Waals surface area contributed by atoms with Gasteiger partial charge in [-0.15, -0.1) is 0 Å². The summed E-state index contributed by atoms with van der Waals surface area (Å²) in [6, 6.07) is 5.86. The van der Waals surface area contributed by atoms with Crippen molar-refractivity contribution in [3.63, 3.8) is 0 Å². The Kier molecular flexibility index (Phi) is 2.86. The first-order chi connectivity index (χ1) is 7.89. The summed E-state index contributed by atoms with van der Waals surface area (Å²) >= 11 is 0. The van der Waals surface area contributed by atoms with Crippen LogP contribution in [0.2, 0.25) is 0 Å². The second-order valence-corrected chi connectivity index (χ2v) is 5.70. The minimum Gasteiger partial charge on any atom is -0.399 e. The van der Waals surface area contributed by atoms with Crippen LogP contribution in [0.3, 0.4) is 0 Å². The lowest BCUT2D eigenvalue weighted by Gasteiger charge is -2.34. The number of carbonyl (C=O) groups is 1. The smallest absolute Gasteiger partial charge is 0.232 e. The van der Waals surface area contributed by atoms with E-state index in [1.807, 2.05) is 43.9 Å². The van der Waals surface area contributed by atoms with E-state index in [2.05, 4.69) is 0 Å². The summed E-state index contributed by atoms with van der Waals surface area (Å²) in [6.07, 6.45) is 2.06. The van der Waals surface area contributed by atoms with Crippen LogP contribution in [0.1, 0.15) is 32.8 Å². The van der Waals surface area contributed by atoms with Crippen LogP contribution >= 0.6 is 0 Å². The Morgan fingerprint density at radius 1 is 1.35 bits per heavy atom. The number of nitrogen functional groups attached to an aromatic ring is 1. The summed E-state index contributed by atoms with van der Waals surface area (Å²) in [7, 11) is 0. The summed E-state index contributed by atoms with van der Waals surface area (Å²) in [5.74, 6) is 0.170. The summed E-state index contributed by atoms with van der Waals surface area (Å²) in [5.41, 5.74) is 8.41. The minimum atomic E-state index is -0.348. The van der Waals surface area contributed by atoms with Crippen LogP contribution in [-0.4, -0.2) is 12.5 Å². The Balaban J connectivity index is 2.41. The second-order valence-electron chi connectivity index (χ2n) is 5.70. The fraction of sp³-hybridized carbons (Fsp3) is 0.500. The number of hydrogen-bond donors (Lipinski definition) is 1. The number of nitrogens with two attached hydrogens (primary N) is 1. The number of hydrogen-bond acceptors (Lipinski definition) is 2. The third-order valence-electron chi connectivity index (χ3n) is 3.11. The van der Waals surface area contributed by atoms with Crippen molar-refractivity contribution in [2.45, 2.75) is 33.6 Å². The molecule has 0 atom stereocenters. The zero-order chi connectivity index (χ0) is 12.6. The van der Waals surface area contributed by atoms with Gasteiger partial charge in [-0.2, -0.15) is 0 Å². The van der Waals surface area contributed by atoms with Crippen LogP contribution < -0.4 is 10.6 Å². The van der Waals surface area contributed by atoms with Crippen LogP contribution in [0.15, 0.2) is 18.2 Å².